The van der Waals surface area contributed by atoms with Crippen LogP contribution in [-0.2, 0) is 6.54 Å². The second kappa shape index (κ2) is 7.69. The molecule has 0 heterocycles. The van der Waals surface area contributed by atoms with Crippen LogP contribution in [0, 0.1) is 6.92 Å². The van der Waals surface area contributed by atoms with Crippen LogP contribution >= 0.6 is 23.2 Å². The summed E-state index contributed by atoms with van der Waals surface area (Å²) in [6, 6.07) is 11.3. The monoisotopic (exact) mass is 323 g/mol. The van der Waals surface area contributed by atoms with E-state index >= 15 is 0 Å². The SMILES string of the molecule is CCCNCc1ccc(Cl)cc1Oc1cc(Cl)ccc1C. The normalized spacial score (nSPS) is 10.7. The zero-order chi connectivity index (χ0) is 15.2. The van der Waals surface area contributed by atoms with Crippen molar-refractivity contribution in [3.8, 4) is 11.5 Å². The number of halogens is 2. The molecular formula is C17H19Cl2NO. The first-order valence-corrected chi connectivity index (χ1v) is 7.79. The number of ether oxygens (including phenoxy) is 1. The van der Waals surface area contributed by atoms with Crippen molar-refractivity contribution in [2.24, 2.45) is 0 Å². The highest BCUT2D eigenvalue weighted by Crippen LogP contribution is 2.32. The average Bonchev–Trinajstić information content (AvgIpc) is 2.45. The lowest BCUT2D eigenvalue weighted by Gasteiger charge is -2.14. The largest absolute Gasteiger partial charge is 0.457 e. The maximum Gasteiger partial charge on any atom is 0.133 e. The van der Waals surface area contributed by atoms with Crippen LogP contribution in [0.4, 0.5) is 0 Å². The summed E-state index contributed by atoms with van der Waals surface area (Å²) in [6.45, 7) is 5.85. The highest BCUT2D eigenvalue weighted by molar-refractivity contribution is 6.31. The molecule has 0 aromatic heterocycles. The summed E-state index contributed by atoms with van der Waals surface area (Å²) >= 11 is 12.1. The zero-order valence-corrected chi connectivity index (χ0v) is 13.8. The van der Waals surface area contributed by atoms with Crippen molar-refractivity contribution in [3.05, 3.63) is 57.6 Å². The minimum Gasteiger partial charge on any atom is -0.457 e. The summed E-state index contributed by atoms with van der Waals surface area (Å²) in [6.07, 6.45) is 1.09. The molecule has 0 unspecified atom stereocenters. The van der Waals surface area contributed by atoms with Crippen molar-refractivity contribution < 1.29 is 4.74 Å². The molecule has 21 heavy (non-hydrogen) atoms. The number of nitrogens with one attached hydrogen (secondary N) is 1. The summed E-state index contributed by atoms with van der Waals surface area (Å²) in [7, 11) is 0. The first-order valence-electron chi connectivity index (χ1n) is 7.03. The number of hydrogen-bond acceptors (Lipinski definition) is 2. The van der Waals surface area contributed by atoms with Crippen molar-refractivity contribution in [1.82, 2.24) is 5.32 Å². The Morgan fingerprint density at radius 1 is 1.00 bits per heavy atom. The first kappa shape index (κ1) is 16.2. The van der Waals surface area contributed by atoms with Crippen LogP contribution in [0.1, 0.15) is 24.5 Å². The molecule has 0 atom stereocenters. The maximum atomic E-state index is 6.09. The van der Waals surface area contributed by atoms with Crippen molar-refractivity contribution in [3.63, 3.8) is 0 Å². The van der Waals surface area contributed by atoms with Crippen LogP contribution in [0.3, 0.4) is 0 Å². The third-order valence-electron chi connectivity index (χ3n) is 3.14. The van der Waals surface area contributed by atoms with Crippen molar-refractivity contribution >= 4 is 23.2 Å². The van der Waals surface area contributed by atoms with E-state index in [-0.39, 0.29) is 0 Å². The highest BCUT2D eigenvalue weighted by Gasteiger charge is 2.08. The predicted molar refractivity (Wildman–Crippen MR) is 89.7 cm³/mol. The van der Waals surface area contributed by atoms with Gasteiger partial charge in [0.25, 0.3) is 0 Å². The molecule has 4 heteroatoms. The second-order valence-electron chi connectivity index (χ2n) is 4.94. The smallest absolute Gasteiger partial charge is 0.133 e. The van der Waals surface area contributed by atoms with Gasteiger partial charge in [-0.25, -0.2) is 0 Å². The molecule has 0 aliphatic rings. The van der Waals surface area contributed by atoms with Gasteiger partial charge in [-0.1, -0.05) is 42.3 Å². The van der Waals surface area contributed by atoms with E-state index in [1.807, 2.05) is 43.3 Å². The van der Waals surface area contributed by atoms with Gasteiger partial charge in [-0.3, -0.25) is 0 Å². The molecule has 0 spiro atoms. The Kier molecular flexibility index (Phi) is 5.92. The average molecular weight is 324 g/mol. The Morgan fingerprint density at radius 2 is 1.67 bits per heavy atom. The molecule has 0 saturated heterocycles. The summed E-state index contributed by atoms with van der Waals surface area (Å²) in [5, 5.41) is 4.69. The summed E-state index contributed by atoms with van der Waals surface area (Å²) < 4.78 is 6.02. The molecule has 0 radical (unpaired) electrons. The molecule has 2 aromatic carbocycles. The van der Waals surface area contributed by atoms with E-state index < -0.39 is 0 Å². The maximum absolute atomic E-state index is 6.09. The summed E-state index contributed by atoms with van der Waals surface area (Å²) in [5.41, 5.74) is 2.11. The quantitative estimate of drug-likeness (QED) is 0.699. The molecule has 0 fully saturated rings. The third-order valence-corrected chi connectivity index (χ3v) is 3.61. The standard InChI is InChI=1S/C17H19Cl2NO/c1-3-8-20-11-13-5-7-15(19)10-17(13)21-16-9-14(18)6-4-12(16)2/h4-7,9-10,20H,3,8,11H2,1-2H3. The van der Waals surface area contributed by atoms with Crippen LogP contribution in [0.5, 0.6) is 11.5 Å². The minimum atomic E-state index is 0.656. The van der Waals surface area contributed by atoms with Gasteiger partial charge < -0.3 is 10.1 Å². The van der Waals surface area contributed by atoms with E-state index in [0.717, 1.165) is 42.1 Å². The Hall–Kier alpha value is -1.22. The Balaban J connectivity index is 2.25. The highest BCUT2D eigenvalue weighted by atomic mass is 35.5. The van der Waals surface area contributed by atoms with Crippen molar-refractivity contribution in [2.45, 2.75) is 26.8 Å². The van der Waals surface area contributed by atoms with Crippen LogP contribution in [-0.4, -0.2) is 6.54 Å². The van der Waals surface area contributed by atoms with Crippen molar-refractivity contribution in [1.29, 1.82) is 0 Å². The van der Waals surface area contributed by atoms with Gasteiger partial charge in [0.1, 0.15) is 11.5 Å². The van der Waals surface area contributed by atoms with Crippen molar-refractivity contribution in [2.75, 3.05) is 6.54 Å². The molecule has 0 aliphatic carbocycles. The van der Waals surface area contributed by atoms with Gasteiger partial charge in [0.2, 0.25) is 0 Å². The van der Waals surface area contributed by atoms with Gasteiger partial charge in [-0.15, -0.1) is 0 Å². The lowest BCUT2D eigenvalue weighted by atomic mass is 10.2. The van der Waals surface area contributed by atoms with Gasteiger partial charge in [-0.2, -0.15) is 0 Å². The number of rotatable bonds is 6. The third kappa shape index (κ3) is 4.63. The molecular weight excluding hydrogens is 305 g/mol. The molecule has 0 bridgehead atoms. The molecule has 0 aliphatic heterocycles. The molecule has 0 amide bonds. The van der Waals surface area contributed by atoms with E-state index in [9.17, 15) is 0 Å². The zero-order valence-electron chi connectivity index (χ0n) is 12.2. The summed E-state index contributed by atoms with van der Waals surface area (Å²) in [5.74, 6) is 1.51. The number of aryl methyl sites for hydroxylation is 1. The van der Waals surface area contributed by atoms with Crippen LogP contribution in [0.15, 0.2) is 36.4 Å². The van der Waals surface area contributed by atoms with Gasteiger partial charge in [0.15, 0.2) is 0 Å². The van der Waals surface area contributed by atoms with E-state index in [1.165, 1.54) is 0 Å². The van der Waals surface area contributed by atoms with Crippen LogP contribution < -0.4 is 10.1 Å². The molecule has 2 nitrogen and oxygen atoms in total. The van der Waals surface area contributed by atoms with Gasteiger partial charge in [0, 0.05) is 22.2 Å². The van der Waals surface area contributed by atoms with Gasteiger partial charge >= 0.3 is 0 Å². The van der Waals surface area contributed by atoms with E-state index in [0.29, 0.717) is 10.0 Å². The van der Waals surface area contributed by atoms with Crippen LogP contribution in [0.2, 0.25) is 10.0 Å². The fourth-order valence-electron chi connectivity index (χ4n) is 1.97. The topological polar surface area (TPSA) is 21.3 Å². The van der Waals surface area contributed by atoms with E-state index in [4.69, 9.17) is 27.9 Å². The van der Waals surface area contributed by atoms with Crippen LogP contribution in [0.25, 0.3) is 0 Å². The van der Waals surface area contributed by atoms with Gasteiger partial charge in [0.05, 0.1) is 0 Å². The molecule has 1 N–H and O–H groups in total. The first-order chi connectivity index (χ1) is 10.1. The molecule has 2 aromatic rings. The molecule has 112 valence electrons. The number of hydrogen-bond donors (Lipinski definition) is 1. The lowest BCUT2D eigenvalue weighted by Crippen LogP contribution is -2.14. The fourth-order valence-corrected chi connectivity index (χ4v) is 2.30. The predicted octanol–water partition coefficient (Wildman–Crippen LogP) is 5.59. The van der Waals surface area contributed by atoms with Gasteiger partial charge in [-0.05, 0) is 49.7 Å². The fraction of sp³-hybridized carbons (Fsp3) is 0.294. The summed E-state index contributed by atoms with van der Waals surface area (Å²) in [4.78, 5) is 0. The number of benzene rings is 2. The lowest BCUT2D eigenvalue weighted by molar-refractivity contribution is 0.469. The Morgan fingerprint density at radius 3 is 2.38 bits per heavy atom. The second-order valence-corrected chi connectivity index (χ2v) is 5.81. The molecule has 0 saturated carbocycles. The Bertz CT molecular complexity index is 614. The Labute approximate surface area is 136 Å². The minimum absolute atomic E-state index is 0.656. The van der Waals surface area contributed by atoms with E-state index in [1.54, 1.807) is 0 Å². The molecule has 2 rings (SSSR count). The van der Waals surface area contributed by atoms with E-state index in [2.05, 4.69) is 12.2 Å².